The van der Waals surface area contributed by atoms with Crippen LogP contribution in [0.1, 0.15) is 120 Å². The van der Waals surface area contributed by atoms with Gasteiger partial charge < -0.3 is 115 Å². The fourth-order valence-corrected chi connectivity index (χ4v) is 15.0. The van der Waals surface area contributed by atoms with E-state index < -0.39 is 101 Å². The molecule has 1 saturated carbocycles. The second kappa shape index (κ2) is 47.6. The first-order chi connectivity index (χ1) is 65.4. The van der Waals surface area contributed by atoms with E-state index in [1.54, 1.807) is 102 Å². The van der Waals surface area contributed by atoms with Crippen LogP contribution in [-0.4, -0.2) is 172 Å². The van der Waals surface area contributed by atoms with Crippen LogP contribution in [0.3, 0.4) is 0 Å². The van der Waals surface area contributed by atoms with Gasteiger partial charge in [-0.15, -0.1) is 0 Å². The quantitative estimate of drug-likeness (QED) is 0.0136. The largest absolute Gasteiger partial charge is 0.506 e. The van der Waals surface area contributed by atoms with Crippen molar-refractivity contribution in [2.75, 3.05) is 19.5 Å². The lowest BCUT2D eigenvalue weighted by molar-refractivity contribution is -0.150. The minimum absolute atomic E-state index is 0. The van der Waals surface area contributed by atoms with Crippen molar-refractivity contribution in [2.24, 2.45) is 17.6 Å². The number of carbonyl (C=O) groups is 11. The number of benzene rings is 9. The van der Waals surface area contributed by atoms with Gasteiger partial charge in [0, 0.05) is 91.4 Å². The van der Waals surface area contributed by atoms with Gasteiger partial charge in [0.15, 0.2) is 11.5 Å². The predicted octanol–water partition coefficient (Wildman–Crippen LogP) is 15.8. The van der Waals surface area contributed by atoms with Gasteiger partial charge in [-0.05, 0) is 123 Å². The Balaban J connectivity index is 0.000000174. The molecule has 13 aromatic rings. The number of hydrogen-bond donors (Lipinski definition) is 13. The molecule has 14 N–H and O–H groups in total. The molecule has 3 aliphatic rings. The summed E-state index contributed by atoms with van der Waals surface area (Å²) >= 11 is 0. The number of likely N-dealkylation sites (tertiary alicyclic amines) is 1. The zero-order valence-corrected chi connectivity index (χ0v) is 76.8. The number of esters is 5. The van der Waals surface area contributed by atoms with Crippen molar-refractivity contribution < 1.29 is 126 Å². The van der Waals surface area contributed by atoms with Crippen molar-refractivity contribution in [3.8, 4) is 28.7 Å². The van der Waals surface area contributed by atoms with Gasteiger partial charge in [0.05, 0.1) is 53.8 Å². The number of H-pyrrole nitrogens is 4. The molecule has 35 heteroatoms. The summed E-state index contributed by atoms with van der Waals surface area (Å²) in [5, 5.41) is 60.0. The first-order valence-electron chi connectivity index (χ1n) is 43.5. The molecule has 35 nitrogen and oxygen atoms in total. The summed E-state index contributed by atoms with van der Waals surface area (Å²) in [6.45, 7) is 14.0. The second-order valence-electron chi connectivity index (χ2n) is 34.0. The molecule has 726 valence electrons. The highest BCUT2D eigenvalue weighted by atomic mass is 16.6. The number of aliphatic hydroxyl groups is 1. The molecule has 3 amide bonds. The van der Waals surface area contributed by atoms with Gasteiger partial charge in [-0.3, -0.25) is 28.9 Å². The molecule has 138 heavy (non-hydrogen) atoms. The summed E-state index contributed by atoms with van der Waals surface area (Å²) in [5.41, 5.74) is 12.4. The summed E-state index contributed by atoms with van der Waals surface area (Å²) < 4.78 is 52.5. The number of carboxylic acids is 3. The Bertz CT molecular complexity index is 6390. The van der Waals surface area contributed by atoms with Crippen LogP contribution in [0.25, 0.3) is 43.6 Å². The summed E-state index contributed by atoms with van der Waals surface area (Å²) in [7, 11) is 2.62. The van der Waals surface area contributed by atoms with Gasteiger partial charge in [-0.1, -0.05) is 189 Å². The van der Waals surface area contributed by atoms with Crippen LogP contribution < -0.4 is 40.6 Å². The number of nitrogens with two attached hydrogens (primary N) is 1. The number of amides is 3. The van der Waals surface area contributed by atoms with E-state index in [0.29, 0.717) is 64.4 Å². The molecule has 0 spiro atoms. The van der Waals surface area contributed by atoms with Gasteiger partial charge in [0.25, 0.3) is 0 Å². The zero-order valence-electron chi connectivity index (χ0n) is 76.8. The van der Waals surface area contributed by atoms with Crippen LogP contribution in [0.4, 0.5) is 20.1 Å². The number of rotatable bonds is 26. The number of nitrogens with one attached hydrogen (secondary N) is 7. The van der Waals surface area contributed by atoms with Crippen molar-refractivity contribution in [3.63, 3.8) is 0 Å². The number of phenols is 1. The molecule has 1 aliphatic carbocycles. The Morgan fingerprint density at radius 2 is 0.928 bits per heavy atom. The van der Waals surface area contributed by atoms with Gasteiger partial charge >= 0.3 is 66.0 Å². The van der Waals surface area contributed by atoms with Crippen molar-refractivity contribution in [1.29, 1.82) is 0 Å². The van der Waals surface area contributed by atoms with Crippen molar-refractivity contribution in [2.45, 2.75) is 168 Å². The molecule has 8 atom stereocenters. The molecule has 4 aromatic heterocycles. The number of hydrogen-bond acceptors (Lipinski definition) is 25. The highest BCUT2D eigenvalue weighted by Gasteiger charge is 2.62. The van der Waals surface area contributed by atoms with Crippen LogP contribution in [0.5, 0.6) is 28.7 Å². The number of carbonyl (C=O) groups excluding carboxylic acids is 8. The normalized spacial score (nSPS) is 15.8. The number of methoxy groups -OCH3 is 2. The van der Waals surface area contributed by atoms with Crippen LogP contribution in [0.15, 0.2) is 243 Å². The third kappa shape index (κ3) is 28.5. The minimum Gasteiger partial charge on any atom is -0.506 e. The van der Waals surface area contributed by atoms with E-state index in [0.717, 1.165) is 60.3 Å². The lowest BCUT2D eigenvalue weighted by Gasteiger charge is -2.31. The molecule has 0 bridgehead atoms. The Morgan fingerprint density at radius 3 is 1.44 bits per heavy atom. The highest BCUT2D eigenvalue weighted by Crippen LogP contribution is 2.53. The summed E-state index contributed by atoms with van der Waals surface area (Å²) in [4.78, 5) is 142. The fraction of sp³-hybridized carbons (Fsp3) is 0.291. The predicted molar refractivity (Wildman–Crippen MR) is 511 cm³/mol. The zero-order chi connectivity index (χ0) is 98.8. The topological polar surface area (TPSA) is 510 Å². The third-order valence-corrected chi connectivity index (χ3v) is 21.5. The maximum absolute atomic E-state index is 12.7. The lowest BCUT2D eigenvalue weighted by atomic mass is 9.91. The number of alkyl carbamates (subject to hydrolysis) is 2. The van der Waals surface area contributed by atoms with E-state index >= 15 is 0 Å². The molecule has 0 radical (unpaired) electrons. The number of fused-ring (bicyclic) bond motifs is 7. The molecular formula is C103H113N9O26. The van der Waals surface area contributed by atoms with Crippen molar-refractivity contribution >= 4 is 115 Å². The average molecular weight is 1890 g/mol. The van der Waals surface area contributed by atoms with E-state index in [4.69, 9.17) is 53.5 Å². The number of para-hydroxylation sites is 5. The van der Waals surface area contributed by atoms with Crippen LogP contribution in [0.2, 0.25) is 0 Å². The van der Waals surface area contributed by atoms with Crippen molar-refractivity contribution in [1.82, 2.24) is 35.5 Å². The number of aromatic amines is 4. The number of aliphatic carboxylic acids is 3. The van der Waals surface area contributed by atoms with Gasteiger partial charge in [-0.25, -0.2) is 28.8 Å². The van der Waals surface area contributed by atoms with Crippen molar-refractivity contribution in [3.05, 3.63) is 288 Å². The summed E-state index contributed by atoms with van der Waals surface area (Å²) in [6, 6.07) is 63.4. The van der Waals surface area contributed by atoms with Gasteiger partial charge in [0.2, 0.25) is 0 Å². The average Bonchev–Trinajstić information content (AvgIpc) is 1.55. The standard InChI is InChI=1S/C27H26N2O5.C18H22N2O7.C18H22N2O6.C15H13NO.C13H14O4.C11H12N2O3.CH4/c1-32-26(30)23(29-27(31)34-18-20-11-6-3-7-12-20)15-21-16-28-25-22(21)13-8-14-24(25)33-17-19-9-4-2-5-10-19;1-9(21)26-12-7-5-6-10-13(12)19-15-18(10,25)8-11(14(22)23)20(15)16(24)27-17(2,3)4;1-10(21)25-14-7-5-6-12-11(9-19-15(12)14)8-13(16(22)23)20-17(24)26-18(2,3)4;1-2-5-12(6-3-1)11-17-14-8-4-7-13-9-10-16-15(13)14;1-16-12(14)10-7-11(10)13(15)17-8-9-5-3-2-4-6-9;12-8(11(15)16)4-6-5-13-10-7(6)2-1-3-9(10)14;/h2-14,16,23,28H,15,17-18H2,1H3,(H,29,31);5-7,11,15,19,25H,8H2,1-4H3,(H,22,23);5-7,9,13,19H,8H2,1-4H3,(H,20,24)(H,22,23);1-10,16H,11H2;2-6,10-11H,7-8H2,1H3;1-3,5,8,13-14H,4,12H2,(H,15,16);1H4/t23-;11-,15?,18?;13-;;10-,11?;8-;/m000.10./s1. The first kappa shape index (κ1) is 104. The maximum Gasteiger partial charge on any atom is 0.412 e. The van der Waals surface area contributed by atoms with E-state index in [1.165, 1.54) is 39.0 Å². The third-order valence-electron chi connectivity index (χ3n) is 21.5. The Kier molecular flexibility index (Phi) is 35.9. The van der Waals surface area contributed by atoms with Gasteiger partial charge in [0.1, 0.15) is 90.8 Å². The maximum atomic E-state index is 12.7. The number of ether oxygens (including phenoxy) is 10. The molecule has 1 saturated heterocycles. The van der Waals surface area contributed by atoms with E-state index in [1.807, 2.05) is 164 Å². The lowest BCUT2D eigenvalue weighted by Crippen LogP contribution is -2.51. The van der Waals surface area contributed by atoms with E-state index in [9.17, 15) is 73.2 Å². The first-order valence-corrected chi connectivity index (χ1v) is 43.5. The SMILES string of the molecule is C.CC(=O)Oc1cccc2c(C[C@H](NC(=O)OC(C)(C)C)C(=O)O)c[nH]c12.CC(=O)Oc1cccc2c1NC1N(C(=O)OC(C)(C)C)[C@H](C(=O)O)CC21O.COC(=O)[C@@H]1CC1C(=O)OCc1ccccc1.COC(=O)[C@H](Cc1c[nH]c2c(OCc3ccccc3)cccc12)NC(=O)OCc1ccccc1.N[C@@H](Cc1c[nH]c2c(O)cccc12)C(=O)O.c1ccc(COc2cccc3cc[nH]c23)cc1. The molecular weight excluding hydrogens is 1780 g/mol. The van der Waals surface area contributed by atoms with Crippen LogP contribution in [-0.2, 0) is 118 Å². The molecule has 2 fully saturated rings. The fourth-order valence-electron chi connectivity index (χ4n) is 15.0. The Morgan fingerprint density at radius 1 is 0.478 bits per heavy atom. The number of carboxylic acid groups (broad SMARTS) is 3. The van der Waals surface area contributed by atoms with Gasteiger partial charge in [-0.2, -0.15) is 0 Å². The van der Waals surface area contributed by atoms with E-state index in [-0.39, 0.29) is 81.6 Å². The summed E-state index contributed by atoms with van der Waals surface area (Å²) in [6.07, 6.45) is 4.45. The second-order valence-corrected chi connectivity index (χ2v) is 34.0. The molecule has 9 aromatic carbocycles. The molecule has 6 heterocycles. The monoisotopic (exact) mass is 1890 g/mol. The molecule has 2 aliphatic heterocycles. The number of aromatic hydroxyl groups is 1. The number of aromatic nitrogens is 4. The number of phenolic OH excluding ortho intramolecular Hbond substituents is 1. The molecule has 16 rings (SSSR count). The molecule has 3 unspecified atom stereocenters. The Labute approximate surface area is 794 Å². The highest BCUT2D eigenvalue weighted by molar-refractivity contribution is 5.94. The number of nitrogens with zero attached hydrogens (tertiary/aromatic N) is 1. The van der Waals surface area contributed by atoms with Crippen LogP contribution >= 0.6 is 0 Å². The minimum atomic E-state index is -1.66. The van der Waals surface area contributed by atoms with E-state index in [2.05, 4.69) is 58.8 Å². The Hall–Kier alpha value is -16.2. The smallest absolute Gasteiger partial charge is 0.412 e. The summed E-state index contributed by atoms with van der Waals surface area (Å²) in [5.74, 6) is -3.97. The number of anilines is 1. The van der Waals surface area contributed by atoms with Crippen LogP contribution in [0, 0.1) is 11.8 Å².